The van der Waals surface area contributed by atoms with Crippen LogP contribution in [0.3, 0.4) is 0 Å². The SMILES string of the molecule is Cc1ccc2[nH]c(=O)cc(C(=O)NC[C@@H]3CCOc4ccccc4C3)c2c1. The van der Waals surface area contributed by atoms with Crippen molar-refractivity contribution in [2.75, 3.05) is 13.2 Å². The van der Waals surface area contributed by atoms with Gasteiger partial charge in [-0.1, -0.05) is 29.8 Å². The molecule has 2 aromatic carbocycles. The highest BCUT2D eigenvalue weighted by Gasteiger charge is 2.19. The number of hydrogen-bond donors (Lipinski definition) is 2. The third kappa shape index (κ3) is 3.72. The van der Waals surface area contributed by atoms with Crippen LogP contribution >= 0.6 is 0 Å². The molecule has 1 amide bonds. The van der Waals surface area contributed by atoms with Gasteiger partial charge in [0.05, 0.1) is 12.2 Å². The number of rotatable bonds is 3. The molecule has 2 heterocycles. The van der Waals surface area contributed by atoms with E-state index in [1.165, 1.54) is 11.6 Å². The summed E-state index contributed by atoms with van der Waals surface area (Å²) in [6, 6.07) is 15.1. The summed E-state index contributed by atoms with van der Waals surface area (Å²) in [7, 11) is 0. The number of ether oxygens (including phenoxy) is 1. The van der Waals surface area contributed by atoms with Crippen molar-refractivity contribution in [2.24, 2.45) is 5.92 Å². The Hall–Kier alpha value is -3.08. The second-order valence-electron chi connectivity index (χ2n) is 7.12. The highest BCUT2D eigenvalue weighted by atomic mass is 16.5. The van der Waals surface area contributed by atoms with Crippen LogP contribution in [0.1, 0.15) is 27.9 Å². The Morgan fingerprint density at radius 2 is 2.07 bits per heavy atom. The molecule has 0 fully saturated rings. The van der Waals surface area contributed by atoms with Gasteiger partial charge in [0, 0.05) is 23.5 Å². The molecule has 5 heteroatoms. The summed E-state index contributed by atoms with van der Waals surface area (Å²) in [5.41, 5.74) is 3.04. The number of carbonyl (C=O) groups is 1. The molecule has 0 unspecified atom stereocenters. The van der Waals surface area contributed by atoms with E-state index in [-0.39, 0.29) is 11.5 Å². The molecule has 0 spiro atoms. The first kappa shape index (κ1) is 17.3. The topological polar surface area (TPSA) is 71.2 Å². The molecule has 2 N–H and O–H groups in total. The quantitative estimate of drug-likeness (QED) is 0.752. The number of para-hydroxylation sites is 1. The number of hydrogen-bond acceptors (Lipinski definition) is 3. The van der Waals surface area contributed by atoms with E-state index in [2.05, 4.69) is 16.4 Å². The predicted octanol–water partition coefficient (Wildman–Crippen LogP) is 3.21. The zero-order chi connectivity index (χ0) is 18.8. The Bertz CT molecular complexity index is 1050. The van der Waals surface area contributed by atoms with Gasteiger partial charge in [-0.2, -0.15) is 0 Å². The standard InChI is InChI=1S/C22H22N2O3/c1-14-6-7-19-17(10-14)18(12-21(25)24-19)22(26)23-13-15-8-9-27-20-5-3-2-4-16(20)11-15/h2-7,10,12,15H,8-9,11,13H2,1H3,(H,23,26)(H,24,25)/t15-/m1/s1. The molecule has 0 saturated carbocycles. The van der Waals surface area contributed by atoms with Crippen molar-refractivity contribution in [3.8, 4) is 5.75 Å². The fourth-order valence-electron chi connectivity index (χ4n) is 3.62. The molecular weight excluding hydrogens is 340 g/mol. The molecule has 1 aromatic heterocycles. The van der Waals surface area contributed by atoms with Gasteiger partial charge in [-0.25, -0.2) is 0 Å². The van der Waals surface area contributed by atoms with Crippen molar-refractivity contribution in [1.29, 1.82) is 0 Å². The molecule has 138 valence electrons. The lowest BCUT2D eigenvalue weighted by Crippen LogP contribution is -2.31. The molecule has 1 atom stereocenters. The number of amides is 1. The van der Waals surface area contributed by atoms with Crippen molar-refractivity contribution in [3.63, 3.8) is 0 Å². The monoisotopic (exact) mass is 362 g/mol. The maximum absolute atomic E-state index is 12.8. The number of pyridine rings is 1. The number of aromatic nitrogens is 1. The fraction of sp³-hybridized carbons (Fsp3) is 0.273. The number of fused-ring (bicyclic) bond motifs is 2. The smallest absolute Gasteiger partial charge is 0.252 e. The van der Waals surface area contributed by atoms with E-state index in [0.717, 1.165) is 29.5 Å². The van der Waals surface area contributed by atoms with Crippen LogP contribution in [-0.2, 0) is 6.42 Å². The maximum atomic E-state index is 12.8. The number of aromatic amines is 1. The Kier molecular flexibility index (Phi) is 4.67. The zero-order valence-corrected chi connectivity index (χ0v) is 15.2. The minimum atomic E-state index is -0.270. The predicted molar refractivity (Wildman–Crippen MR) is 105 cm³/mol. The highest BCUT2D eigenvalue weighted by molar-refractivity contribution is 6.06. The summed E-state index contributed by atoms with van der Waals surface area (Å²) in [5.74, 6) is 1.02. The highest BCUT2D eigenvalue weighted by Crippen LogP contribution is 2.26. The summed E-state index contributed by atoms with van der Waals surface area (Å²) in [5, 5.41) is 3.78. The molecule has 4 rings (SSSR count). The van der Waals surface area contributed by atoms with Crippen LogP contribution in [0.15, 0.2) is 53.3 Å². The van der Waals surface area contributed by atoms with Crippen LogP contribution in [0.5, 0.6) is 5.75 Å². The van der Waals surface area contributed by atoms with Crippen LogP contribution < -0.4 is 15.6 Å². The second kappa shape index (κ2) is 7.27. The molecular formula is C22H22N2O3. The Labute approximate surface area is 157 Å². The van der Waals surface area contributed by atoms with Gasteiger partial charge < -0.3 is 15.0 Å². The van der Waals surface area contributed by atoms with E-state index in [1.54, 1.807) is 0 Å². The molecule has 3 aromatic rings. The van der Waals surface area contributed by atoms with E-state index < -0.39 is 0 Å². The average Bonchev–Trinajstić information content (AvgIpc) is 2.87. The van der Waals surface area contributed by atoms with Gasteiger partial charge in [-0.05, 0) is 49.4 Å². The molecule has 0 bridgehead atoms. The van der Waals surface area contributed by atoms with Crippen molar-refractivity contribution in [2.45, 2.75) is 19.8 Å². The Morgan fingerprint density at radius 3 is 2.96 bits per heavy atom. The van der Waals surface area contributed by atoms with E-state index in [0.29, 0.717) is 30.1 Å². The summed E-state index contributed by atoms with van der Waals surface area (Å²) in [6.07, 6.45) is 1.75. The van der Waals surface area contributed by atoms with Crippen molar-refractivity contribution in [3.05, 3.63) is 75.6 Å². The minimum absolute atomic E-state index is 0.213. The van der Waals surface area contributed by atoms with Crippen LogP contribution in [0.2, 0.25) is 0 Å². The lowest BCUT2D eigenvalue weighted by atomic mass is 9.96. The molecule has 0 radical (unpaired) electrons. The van der Waals surface area contributed by atoms with Gasteiger partial charge in [0.2, 0.25) is 5.56 Å². The summed E-state index contributed by atoms with van der Waals surface area (Å²) in [6.45, 7) is 3.16. The van der Waals surface area contributed by atoms with Gasteiger partial charge in [-0.15, -0.1) is 0 Å². The number of benzene rings is 2. The van der Waals surface area contributed by atoms with E-state index in [1.807, 2.05) is 43.3 Å². The van der Waals surface area contributed by atoms with Crippen molar-refractivity contribution < 1.29 is 9.53 Å². The summed E-state index contributed by atoms with van der Waals surface area (Å²) < 4.78 is 5.80. The zero-order valence-electron chi connectivity index (χ0n) is 15.2. The Morgan fingerprint density at radius 1 is 1.22 bits per heavy atom. The normalized spacial score (nSPS) is 16.3. The van der Waals surface area contributed by atoms with Gasteiger partial charge in [-0.3, -0.25) is 9.59 Å². The third-order valence-corrected chi connectivity index (χ3v) is 5.06. The van der Waals surface area contributed by atoms with Crippen molar-refractivity contribution >= 4 is 16.8 Å². The second-order valence-corrected chi connectivity index (χ2v) is 7.12. The lowest BCUT2D eigenvalue weighted by Gasteiger charge is -2.15. The minimum Gasteiger partial charge on any atom is -0.493 e. The molecule has 5 nitrogen and oxygen atoms in total. The van der Waals surface area contributed by atoms with Gasteiger partial charge >= 0.3 is 0 Å². The van der Waals surface area contributed by atoms with E-state index in [4.69, 9.17) is 4.74 Å². The first-order valence-corrected chi connectivity index (χ1v) is 9.23. The number of carbonyl (C=O) groups excluding carboxylic acids is 1. The summed E-state index contributed by atoms with van der Waals surface area (Å²) in [4.78, 5) is 27.5. The number of aryl methyl sites for hydroxylation is 1. The van der Waals surface area contributed by atoms with E-state index in [9.17, 15) is 9.59 Å². The molecule has 0 aliphatic carbocycles. The number of nitrogens with one attached hydrogen (secondary N) is 2. The molecule has 0 saturated heterocycles. The maximum Gasteiger partial charge on any atom is 0.252 e. The van der Waals surface area contributed by atoms with Gasteiger partial charge in [0.15, 0.2) is 0 Å². The van der Waals surface area contributed by atoms with Crippen LogP contribution in [0.4, 0.5) is 0 Å². The summed E-state index contributed by atoms with van der Waals surface area (Å²) >= 11 is 0. The van der Waals surface area contributed by atoms with Crippen LogP contribution in [0.25, 0.3) is 10.9 Å². The fourth-order valence-corrected chi connectivity index (χ4v) is 3.62. The van der Waals surface area contributed by atoms with E-state index >= 15 is 0 Å². The average molecular weight is 362 g/mol. The van der Waals surface area contributed by atoms with Gasteiger partial charge in [0.25, 0.3) is 5.91 Å². The molecule has 1 aliphatic heterocycles. The first-order chi connectivity index (χ1) is 13.1. The van der Waals surface area contributed by atoms with Gasteiger partial charge in [0.1, 0.15) is 5.75 Å². The van der Waals surface area contributed by atoms with Crippen molar-refractivity contribution in [1.82, 2.24) is 10.3 Å². The van der Waals surface area contributed by atoms with Crippen LogP contribution in [-0.4, -0.2) is 24.0 Å². The Balaban J connectivity index is 1.53. The number of H-pyrrole nitrogens is 1. The first-order valence-electron chi connectivity index (χ1n) is 9.23. The lowest BCUT2D eigenvalue weighted by molar-refractivity contribution is 0.0947. The third-order valence-electron chi connectivity index (χ3n) is 5.06. The largest absolute Gasteiger partial charge is 0.493 e. The molecule has 27 heavy (non-hydrogen) atoms. The molecule has 1 aliphatic rings. The van der Waals surface area contributed by atoms with Crippen LogP contribution in [0, 0.1) is 12.8 Å².